The first-order valence-electron chi connectivity index (χ1n) is 7.42. The van der Waals surface area contributed by atoms with Gasteiger partial charge in [-0.1, -0.05) is 4.85 Å². The van der Waals surface area contributed by atoms with E-state index in [1.54, 1.807) is 48.5 Å². The first-order valence-corrected chi connectivity index (χ1v) is 7.42. The summed E-state index contributed by atoms with van der Waals surface area (Å²) >= 11 is 0. The van der Waals surface area contributed by atoms with E-state index in [1.165, 1.54) is 14.2 Å². The lowest BCUT2D eigenvalue weighted by molar-refractivity contribution is -0.391. The molecule has 0 saturated carbocycles. The quantitative estimate of drug-likeness (QED) is 0.424. The van der Waals surface area contributed by atoms with E-state index in [2.05, 4.69) is 10.1 Å². The van der Waals surface area contributed by atoms with Gasteiger partial charge < -0.3 is 24.8 Å². The Kier molecular flexibility index (Phi) is 4.56. The summed E-state index contributed by atoms with van der Waals surface area (Å²) in [4.78, 5) is 16.2. The van der Waals surface area contributed by atoms with Crippen molar-refractivity contribution in [2.75, 3.05) is 14.2 Å². The Morgan fingerprint density at radius 2 is 1.58 bits per heavy atom. The van der Waals surface area contributed by atoms with Gasteiger partial charge in [-0.3, -0.25) is 0 Å². The summed E-state index contributed by atoms with van der Waals surface area (Å²) in [5.41, 5.74) is 0.481. The lowest BCUT2D eigenvalue weighted by Gasteiger charge is -2.02. The van der Waals surface area contributed by atoms with Crippen LogP contribution in [0.1, 0.15) is 0 Å². The molecule has 0 atom stereocenters. The van der Waals surface area contributed by atoms with Gasteiger partial charge in [0.05, 0.1) is 25.0 Å². The van der Waals surface area contributed by atoms with Crippen molar-refractivity contribution in [2.45, 2.75) is 0 Å². The molecule has 134 valence electrons. The van der Waals surface area contributed by atoms with Crippen molar-refractivity contribution in [3.63, 3.8) is 0 Å². The zero-order valence-corrected chi connectivity index (χ0v) is 13.9. The molecule has 1 N–H and O–H groups in total. The summed E-state index contributed by atoms with van der Waals surface area (Å²) in [7, 11) is 3.05. The molecule has 26 heavy (non-hydrogen) atoms. The second kappa shape index (κ2) is 6.97. The van der Waals surface area contributed by atoms with Crippen LogP contribution in [0.4, 0.5) is 11.5 Å². The lowest BCUT2D eigenvalue weighted by Crippen LogP contribution is -2.22. The molecule has 0 saturated heterocycles. The van der Waals surface area contributed by atoms with Gasteiger partial charge in [0, 0.05) is 0 Å². The molecule has 0 amide bonds. The minimum Gasteiger partial charge on any atom is -0.497 e. The molecule has 1 heterocycles. The van der Waals surface area contributed by atoms with Crippen LogP contribution in [0.3, 0.4) is 0 Å². The third-order valence-electron chi connectivity index (χ3n) is 3.54. The maximum Gasteiger partial charge on any atom is 0.438 e. The van der Waals surface area contributed by atoms with E-state index in [0.29, 0.717) is 27.7 Å². The molecule has 0 fully saturated rings. The number of aromatic nitrogens is 3. The number of nitro groups is 1. The van der Waals surface area contributed by atoms with Gasteiger partial charge in [0.25, 0.3) is 5.49 Å². The fourth-order valence-corrected chi connectivity index (χ4v) is 2.23. The van der Waals surface area contributed by atoms with Crippen molar-refractivity contribution in [2.24, 2.45) is 4.99 Å². The lowest BCUT2D eigenvalue weighted by atomic mass is 10.3. The topological polar surface area (TPSA) is 117 Å². The zero-order chi connectivity index (χ0) is 18.7. The highest BCUT2D eigenvalue weighted by atomic mass is 16.6. The summed E-state index contributed by atoms with van der Waals surface area (Å²) in [5.74, 6) is 0.631. The Bertz CT molecular complexity index is 989. The van der Waals surface area contributed by atoms with E-state index in [0.717, 1.165) is 4.80 Å². The van der Waals surface area contributed by atoms with Crippen molar-refractivity contribution in [3.8, 4) is 17.2 Å². The Morgan fingerprint density at radius 3 is 2.08 bits per heavy atom. The number of methoxy groups -OCH3 is 2. The summed E-state index contributed by atoms with van der Waals surface area (Å²) in [6.07, 6.45) is 0. The number of nitrogens with zero attached hydrogens (tertiary/aromatic N) is 5. The molecule has 0 aliphatic heterocycles. The molecule has 10 heteroatoms. The van der Waals surface area contributed by atoms with Crippen LogP contribution >= 0.6 is 0 Å². The molecule has 10 nitrogen and oxygen atoms in total. The van der Waals surface area contributed by atoms with Gasteiger partial charge in [-0.2, -0.15) is 0 Å². The standard InChI is InChI=1S/C16H15N5O5/c1-25-13-7-3-11(4-8-13)17-15-16(21(23)24)18-19(20(15)22)12-5-9-14(26-2)10-6-12/h3-10,22H,1-2H3. The molecule has 0 radical (unpaired) electrons. The van der Waals surface area contributed by atoms with E-state index < -0.39 is 10.7 Å². The minimum absolute atomic E-state index is 0.309. The Labute approximate surface area is 147 Å². The molecule has 0 bridgehead atoms. The van der Waals surface area contributed by atoms with E-state index >= 15 is 0 Å². The first-order chi connectivity index (χ1) is 12.5. The van der Waals surface area contributed by atoms with E-state index in [4.69, 9.17) is 9.47 Å². The fourth-order valence-electron chi connectivity index (χ4n) is 2.23. The van der Waals surface area contributed by atoms with E-state index in [1.807, 2.05) is 0 Å². The van der Waals surface area contributed by atoms with Crippen molar-refractivity contribution >= 4 is 11.5 Å². The Morgan fingerprint density at radius 1 is 1.04 bits per heavy atom. The first kappa shape index (κ1) is 17.0. The predicted octanol–water partition coefficient (Wildman–Crippen LogP) is 2.07. The largest absolute Gasteiger partial charge is 0.497 e. The number of benzene rings is 2. The Hall–Kier alpha value is -3.82. The number of hydrogen-bond donors (Lipinski definition) is 1. The molecular weight excluding hydrogens is 342 g/mol. The van der Waals surface area contributed by atoms with Crippen LogP contribution in [0.15, 0.2) is 53.5 Å². The van der Waals surface area contributed by atoms with E-state index in [-0.39, 0.29) is 5.49 Å². The van der Waals surface area contributed by atoms with Gasteiger partial charge in [-0.15, -0.1) is 0 Å². The zero-order valence-electron chi connectivity index (χ0n) is 13.9. The van der Waals surface area contributed by atoms with Crippen LogP contribution in [-0.2, 0) is 0 Å². The fraction of sp³-hybridized carbons (Fsp3) is 0.125. The maximum absolute atomic E-state index is 11.3. The second-order valence-corrected chi connectivity index (χ2v) is 5.09. The molecule has 0 aliphatic carbocycles. The predicted molar refractivity (Wildman–Crippen MR) is 90.2 cm³/mol. The van der Waals surface area contributed by atoms with E-state index in [9.17, 15) is 15.3 Å². The van der Waals surface area contributed by atoms with Crippen LogP contribution in [0.2, 0.25) is 0 Å². The molecular formula is C16H15N5O5. The smallest absolute Gasteiger partial charge is 0.438 e. The SMILES string of the molecule is COc1ccc(N=c2c([N+](=O)[O-])nn(-c3ccc(OC)cc3)n2O)cc1. The molecule has 0 spiro atoms. The maximum atomic E-state index is 11.3. The van der Waals surface area contributed by atoms with Crippen molar-refractivity contribution in [1.82, 2.24) is 14.7 Å². The molecule has 3 aromatic rings. The molecule has 3 rings (SSSR count). The number of rotatable bonds is 5. The number of hydrogen-bond acceptors (Lipinski definition) is 7. The summed E-state index contributed by atoms with van der Waals surface area (Å²) in [5, 5.41) is 25.5. The van der Waals surface area contributed by atoms with Gasteiger partial charge in [0.2, 0.25) is 0 Å². The molecule has 1 aromatic heterocycles. The highest BCUT2D eigenvalue weighted by Gasteiger charge is 2.24. The Balaban J connectivity index is 2.13. The van der Waals surface area contributed by atoms with Crippen LogP contribution in [0.25, 0.3) is 5.69 Å². The highest BCUT2D eigenvalue weighted by Crippen LogP contribution is 2.18. The highest BCUT2D eigenvalue weighted by molar-refractivity contribution is 5.42. The van der Waals surface area contributed by atoms with Crippen LogP contribution in [0, 0.1) is 10.1 Å². The molecule has 0 unspecified atom stereocenters. The number of ether oxygens (including phenoxy) is 2. The van der Waals surface area contributed by atoms with Gasteiger partial charge in [-0.25, -0.2) is 4.99 Å². The van der Waals surface area contributed by atoms with Crippen molar-refractivity contribution in [3.05, 3.63) is 64.1 Å². The third kappa shape index (κ3) is 3.20. The van der Waals surface area contributed by atoms with Crippen molar-refractivity contribution < 1.29 is 19.6 Å². The minimum atomic E-state index is -0.713. The molecule has 2 aromatic carbocycles. The summed E-state index contributed by atoms with van der Waals surface area (Å²) < 4.78 is 10.1. The average Bonchev–Trinajstić information content (AvgIpc) is 2.99. The average molecular weight is 357 g/mol. The van der Waals surface area contributed by atoms with Crippen LogP contribution in [0.5, 0.6) is 11.5 Å². The van der Waals surface area contributed by atoms with Gasteiger partial charge >= 0.3 is 5.82 Å². The second-order valence-electron chi connectivity index (χ2n) is 5.09. The van der Waals surface area contributed by atoms with Crippen molar-refractivity contribution in [1.29, 1.82) is 0 Å². The monoisotopic (exact) mass is 357 g/mol. The third-order valence-corrected chi connectivity index (χ3v) is 3.54. The molecule has 0 aliphatic rings. The van der Waals surface area contributed by atoms with Crippen LogP contribution < -0.4 is 15.0 Å². The summed E-state index contributed by atoms with van der Waals surface area (Å²) in [6, 6.07) is 13.0. The van der Waals surface area contributed by atoms with Crippen LogP contribution in [-0.4, -0.2) is 39.1 Å². The van der Waals surface area contributed by atoms with Gasteiger partial charge in [0.1, 0.15) is 17.2 Å². The van der Waals surface area contributed by atoms with Gasteiger partial charge in [0.15, 0.2) is 0 Å². The van der Waals surface area contributed by atoms with Gasteiger partial charge in [-0.05, 0) is 58.3 Å². The normalized spacial score (nSPS) is 11.4. The summed E-state index contributed by atoms with van der Waals surface area (Å²) in [6.45, 7) is 0.